The van der Waals surface area contributed by atoms with E-state index in [2.05, 4.69) is 0 Å². The second-order valence-corrected chi connectivity index (χ2v) is 5.91. The number of hydrogen-bond donors (Lipinski definition) is 0. The molecular weight excluding hydrogens is 292 g/mol. The van der Waals surface area contributed by atoms with Gasteiger partial charge in [-0.15, -0.1) is 23.2 Å². The van der Waals surface area contributed by atoms with E-state index in [1.807, 2.05) is 0 Å². The summed E-state index contributed by atoms with van der Waals surface area (Å²) < 4.78 is 11.2. The first-order chi connectivity index (χ1) is 6.32. The van der Waals surface area contributed by atoms with Gasteiger partial charge in [0.05, 0.1) is 0 Å². The number of halogens is 6. The monoisotopic (exact) mass is 294 g/mol. The average molecular weight is 296 g/mol. The van der Waals surface area contributed by atoms with Crippen molar-refractivity contribution in [3.63, 3.8) is 0 Å². The highest BCUT2D eigenvalue weighted by Gasteiger charge is 2.28. The van der Waals surface area contributed by atoms with E-state index < -0.39 is 14.4 Å². The molecule has 6 heteroatoms. The van der Waals surface area contributed by atoms with Crippen molar-refractivity contribution in [1.29, 1.82) is 0 Å². The minimum absolute atomic E-state index is 0.258. The zero-order valence-electron chi connectivity index (χ0n) is 6.58. The highest BCUT2D eigenvalue weighted by Crippen LogP contribution is 2.43. The standard InChI is InChI=1S/C8H4Cl5F/c9-7(10)5-3-4(14)1-2-6(5)8(11,12)13/h1-3,7H. The quantitative estimate of drug-likeness (QED) is 0.630. The average Bonchev–Trinajstić information content (AvgIpc) is 2.01. The van der Waals surface area contributed by atoms with Gasteiger partial charge in [0.25, 0.3) is 0 Å². The lowest BCUT2D eigenvalue weighted by atomic mass is 10.1. The first-order valence-corrected chi connectivity index (χ1v) is 5.48. The van der Waals surface area contributed by atoms with E-state index in [0.717, 1.165) is 6.07 Å². The van der Waals surface area contributed by atoms with Gasteiger partial charge in [-0.1, -0.05) is 40.9 Å². The van der Waals surface area contributed by atoms with Crippen LogP contribution < -0.4 is 0 Å². The molecule has 0 atom stereocenters. The van der Waals surface area contributed by atoms with Crippen molar-refractivity contribution in [3.8, 4) is 0 Å². The Morgan fingerprint density at radius 1 is 1.14 bits per heavy atom. The molecule has 78 valence electrons. The van der Waals surface area contributed by atoms with E-state index in [4.69, 9.17) is 58.0 Å². The molecule has 1 aromatic carbocycles. The van der Waals surface area contributed by atoms with Gasteiger partial charge in [-0.25, -0.2) is 4.39 Å². The number of hydrogen-bond acceptors (Lipinski definition) is 0. The van der Waals surface area contributed by atoms with E-state index in [-0.39, 0.29) is 11.1 Å². The smallest absolute Gasteiger partial charge is 0.207 e. The van der Waals surface area contributed by atoms with Crippen LogP contribution in [0.25, 0.3) is 0 Å². The molecule has 14 heavy (non-hydrogen) atoms. The van der Waals surface area contributed by atoms with Crippen LogP contribution in [0.1, 0.15) is 16.0 Å². The van der Waals surface area contributed by atoms with Crippen LogP contribution in [0.4, 0.5) is 4.39 Å². The lowest BCUT2D eigenvalue weighted by Gasteiger charge is -2.16. The molecule has 0 aromatic heterocycles. The Morgan fingerprint density at radius 2 is 1.71 bits per heavy atom. The Kier molecular flexibility index (Phi) is 4.19. The normalized spacial score (nSPS) is 12.2. The largest absolute Gasteiger partial charge is 0.216 e. The van der Waals surface area contributed by atoms with Gasteiger partial charge >= 0.3 is 0 Å². The second kappa shape index (κ2) is 4.63. The Balaban J connectivity index is 3.29. The third kappa shape index (κ3) is 3.04. The summed E-state index contributed by atoms with van der Waals surface area (Å²) in [6, 6.07) is 3.66. The molecule has 0 fully saturated rings. The van der Waals surface area contributed by atoms with Gasteiger partial charge in [-0.3, -0.25) is 0 Å². The minimum atomic E-state index is -1.66. The maximum atomic E-state index is 12.8. The number of alkyl halides is 5. The topological polar surface area (TPSA) is 0 Å². The van der Waals surface area contributed by atoms with Gasteiger partial charge in [0, 0.05) is 5.56 Å². The Morgan fingerprint density at radius 3 is 2.14 bits per heavy atom. The predicted molar refractivity (Wildman–Crippen MR) is 60.1 cm³/mol. The van der Waals surface area contributed by atoms with Gasteiger partial charge in [-0.2, -0.15) is 0 Å². The van der Waals surface area contributed by atoms with Crippen molar-refractivity contribution in [2.75, 3.05) is 0 Å². The third-order valence-corrected chi connectivity index (χ3v) is 2.64. The number of benzene rings is 1. The predicted octanol–water partition coefficient (Wildman–Crippen LogP) is 5.13. The van der Waals surface area contributed by atoms with Crippen molar-refractivity contribution in [3.05, 3.63) is 35.1 Å². The van der Waals surface area contributed by atoms with Crippen LogP contribution in [0.2, 0.25) is 0 Å². The van der Waals surface area contributed by atoms with Gasteiger partial charge in [0.1, 0.15) is 10.7 Å². The van der Waals surface area contributed by atoms with Crippen molar-refractivity contribution in [2.45, 2.75) is 8.63 Å². The molecule has 0 nitrogen and oxygen atoms in total. The summed E-state index contributed by atoms with van der Waals surface area (Å²) in [6.45, 7) is 0. The van der Waals surface area contributed by atoms with Gasteiger partial charge in [-0.05, 0) is 17.7 Å². The molecule has 1 aromatic rings. The minimum Gasteiger partial charge on any atom is -0.207 e. The molecule has 0 aliphatic rings. The molecule has 0 spiro atoms. The summed E-state index contributed by atoms with van der Waals surface area (Å²) in [5.74, 6) is -0.482. The molecule has 0 N–H and O–H groups in total. The molecule has 0 saturated carbocycles. The van der Waals surface area contributed by atoms with Crippen LogP contribution in [0.15, 0.2) is 18.2 Å². The second-order valence-electron chi connectivity index (χ2n) is 2.53. The first-order valence-electron chi connectivity index (χ1n) is 3.47. The van der Waals surface area contributed by atoms with E-state index in [0.29, 0.717) is 0 Å². The molecule has 0 bridgehead atoms. The molecule has 0 aliphatic heterocycles. The summed E-state index contributed by atoms with van der Waals surface area (Å²) in [4.78, 5) is -0.934. The Labute approximate surface area is 106 Å². The highest BCUT2D eigenvalue weighted by atomic mass is 35.6. The maximum absolute atomic E-state index is 12.8. The zero-order valence-corrected chi connectivity index (χ0v) is 10.4. The van der Waals surface area contributed by atoms with E-state index in [1.54, 1.807) is 0 Å². The molecule has 1 rings (SSSR count). The summed E-state index contributed by atoms with van der Waals surface area (Å²) >= 11 is 28.2. The highest BCUT2D eigenvalue weighted by molar-refractivity contribution is 6.67. The Hall–Kier alpha value is 0.600. The maximum Gasteiger partial charge on any atom is 0.216 e. The summed E-state index contributed by atoms with van der Waals surface area (Å²) in [7, 11) is 0. The molecule has 0 saturated heterocycles. The van der Waals surface area contributed by atoms with Crippen molar-refractivity contribution in [1.82, 2.24) is 0 Å². The van der Waals surface area contributed by atoms with E-state index >= 15 is 0 Å². The van der Waals surface area contributed by atoms with Crippen LogP contribution >= 0.6 is 58.0 Å². The Bertz CT molecular complexity index is 331. The molecule has 0 amide bonds. The lowest BCUT2D eigenvalue weighted by molar-refractivity contribution is 0.625. The third-order valence-electron chi connectivity index (χ3n) is 1.55. The van der Waals surface area contributed by atoms with Crippen molar-refractivity contribution >= 4 is 58.0 Å². The number of rotatable bonds is 1. The fraction of sp³-hybridized carbons (Fsp3) is 0.250. The van der Waals surface area contributed by atoms with Crippen molar-refractivity contribution in [2.24, 2.45) is 0 Å². The SMILES string of the molecule is Fc1ccc(C(Cl)(Cl)Cl)c(C(Cl)Cl)c1. The lowest BCUT2D eigenvalue weighted by Crippen LogP contribution is -2.05. The van der Waals surface area contributed by atoms with Crippen LogP contribution in [0.3, 0.4) is 0 Å². The molecule has 0 aliphatic carbocycles. The van der Waals surface area contributed by atoms with E-state index in [1.165, 1.54) is 12.1 Å². The molecule has 0 unspecified atom stereocenters. The molecule has 0 radical (unpaired) electrons. The zero-order chi connectivity index (χ0) is 10.9. The molecule has 0 heterocycles. The summed E-state index contributed by atoms with van der Waals surface area (Å²) in [5.41, 5.74) is 0.534. The van der Waals surface area contributed by atoms with Gasteiger partial charge in [0.15, 0.2) is 0 Å². The summed E-state index contributed by atoms with van der Waals surface area (Å²) in [5, 5.41) is 0. The van der Waals surface area contributed by atoms with Crippen LogP contribution in [-0.2, 0) is 3.79 Å². The van der Waals surface area contributed by atoms with Crippen molar-refractivity contribution < 1.29 is 4.39 Å². The first kappa shape index (κ1) is 12.7. The van der Waals surface area contributed by atoms with E-state index in [9.17, 15) is 4.39 Å². The fourth-order valence-electron chi connectivity index (χ4n) is 0.972. The summed E-state index contributed by atoms with van der Waals surface area (Å²) in [6.07, 6.45) is 0. The molecular formula is C8H4Cl5F. The van der Waals surface area contributed by atoms with Crippen LogP contribution in [0, 0.1) is 5.82 Å². The van der Waals surface area contributed by atoms with Gasteiger partial charge in [0.2, 0.25) is 3.79 Å². The van der Waals surface area contributed by atoms with Crippen LogP contribution in [0.5, 0.6) is 0 Å². The fourth-order valence-corrected chi connectivity index (χ4v) is 1.85. The van der Waals surface area contributed by atoms with Crippen LogP contribution in [-0.4, -0.2) is 0 Å². The van der Waals surface area contributed by atoms with Gasteiger partial charge < -0.3 is 0 Å².